The molecule has 2 heterocycles. The Bertz CT molecular complexity index is 1040. The van der Waals surface area contributed by atoms with Crippen molar-refractivity contribution in [3.63, 3.8) is 0 Å². The van der Waals surface area contributed by atoms with Crippen LogP contribution in [0.5, 0.6) is 11.6 Å². The van der Waals surface area contributed by atoms with Gasteiger partial charge >= 0.3 is 6.16 Å². The number of nitrogens with zero attached hydrogens (tertiary/aromatic N) is 2. The summed E-state index contributed by atoms with van der Waals surface area (Å²) in [5, 5.41) is 35.6. The second-order valence-corrected chi connectivity index (χ2v) is 8.67. The molecule has 12 heteroatoms. The van der Waals surface area contributed by atoms with Crippen LogP contribution in [-0.4, -0.2) is 82.3 Å². The smallest absolute Gasteiger partial charge is 0.497 e. The third-order valence-electron chi connectivity index (χ3n) is 5.88. The molecule has 1 fully saturated rings. The minimum Gasteiger partial charge on any atom is -0.497 e. The maximum absolute atomic E-state index is 14.7. The summed E-state index contributed by atoms with van der Waals surface area (Å²) in [6.07, 6.45) is -8.39. The molecule has 0 radical (unpaired) electrons. The minimum absolute atomic E-state index is 0.0582. The number of hydrogen-bond donors (Lipinski definition) is 3. The molecule has 0 bridgehead atoms. The molecule has 0 saturated carbocycles. The quantitative estimate of drug-likeness (QED) is 0.426. The normalized spacial score (nSPS) is 24.0. The first-order valence-corrected chi connectivity index (χ1v) is 11.6. The lowest BCUT2D eigenvalue weighted by Gasteiger charge is -2.39. The van der Waals surface area contributed by atoms with Crippen molar-refractivity contribution in [2.24, 2.45) is 0 Å². The number of ether oxygens (including phenoxy) is 5. The summed E-state index contributed by atoms with van der Waals surface area (Å²) in [6, 6.07) is 4.45. The molecule has 1 aromatic carbocycles. The number of aromatic nitrogens is 2. The van der Waals surface area contributed by atoms with E-state index in [2.05, 4.69) is 9.84 Å². The maximum Gasteiger partial charge on any atom is 0.508 e. The van der Waals surface area contributed by atoms with Gasteiger partial charge < -0.3 is 39.0 Å². The highest BCUT2D eigenvalue weighted by Gasteiger charge is 2.46. The predicted molar refractivity (Wildman–Crippen MR) is 123 cm³/mol. The Labute approximate surface area is 208 Å². The van der Waals surface area contributed by atoms with E-state index in [9.17, 15) is 24.5 Å². The van der Waals surface area contributed by atoms with Crippen molar-refractivity contribution in [3.8, 4) is 11.6 Å². The van der Waals surface area contributed by atoms with Crippen LogP contribution >= 0.6 is 0 Å². The summed E-state index contributed by atoms with van der Waals surface area (Å²) in [5.74, 6) is -0.0283. The van der Waals surface area contributed by atoms with Gasteiger partial charge in [-0.1, -0.05) is 6.07 Å². The van der Waals surface area contributed by atoms with Gasteiger partial charge in [0.15, 0.2) is 0 Å². The molecular weight excluding hydrogens is 479 g/mol. The van der Waals surface area contributed by atoms with Gasteiger partial charge in [-0.2, -0.15) is 0 Å². The number of benzene rings is 1. The van der Waals surface area contributed by atoms with Gasteiger partial charge in [0.05, 0.1) is 13.7 Å². The van der Waals surface area contributed by atoms with E-state index in [0.717, 1.165) is 0 Å². The summed E-state index contributed by atoms with van der Waals surface area (Å²) >= 11 is 0. The van der Waals surface area contributed by atoms with Crippen molar-refractivity contribution in [1.82, 2.24) is 9.78 Å². The average Bonchev–Trinajstić information content (AvgIpc) is 3.15. The van der Waals surface area contributed by atoms with E-state index in [0.29, 0.717) is 22.6 Å². The van der Waals surface area contributed by atoms with E-state index < -0.39 is 49.3 Å². The molecule has 2 aromatic rings. The van der Waals surface area contributed by atoms with E-state index in [1.54, 1.807) is 23.7 Å². The van der Waals surface area contributed by atoms with Gasteiger partial charge in [0.25, 0.3) is 0 Å². The zero-order chi connectivity index (χ0) is 26.6. The van der Waals surface area contributed by atoms with E-state index in [4.69, 9.17) is 18.9 Å². The zero-order valence-electron chi connectivity index (χ0n) is 20.9. The average molecular weight is 513 g/mol. The Morgan fingerprint density at radius 2 is 1.92 bits per heavy atom. The molecule has 0 spiro atoms. The van der Waals surface area contributed by atoms with Crippen molar-refractivity contribution in [3.05, 3.63) is 40.8 Å². The predicted octanol–water partition coefficient (Wildman–Crippen LogP) is 1.87. The molecule has 1 saturated heterocycles. The van der Waals surface area contributed by atoms with Crippen LogP contribution in [0.25, 0.3) is 0 Å². The summed E-state index contributed by atoms with van der Waals surface area (Å²) in [7, 11) is 1.45. The third-order valence-corrected chi connectivity index (χ3v) is 5.88. The Balaban J connectivity index is 1.86. The Morgan fingerprint density at radius 1 is 1.19 bits per heavy atom. The molecule has 5 atom stereocenters. The van der Waals surface area contributed by atoms with Crippen molar-refractivity contribution in [2.45, 2.75) is 70.9 Å². The molecule has 0 amide bonds. The molecule has 1 aliphatic heterocycles. The van der Waals surface area contributed by atoms with E-state index in [1.807, 2.05) is 20.8 Å². The van der Waals surface area contributed by atoms with Crippen molar-refractivity contribution in [2.75, 3.05) is 20.3 Å². The van der Waals surface area contributed by atoms with Crippen LogP contribution in [0.15, 0.2) is 18.2 Å². The number of rotatable bonds is 9. The van der Waals surface area contributed by atoms with Crippen LogP contribution in [0.1, 0.15) is 43.6 Å². The lowest BCUT2D eigenvalue weighted by atomic mass is 9.99. The summed E-state index contributed by atoms with van der Waals surface area (Å²) in [4.78, 5) is 11.5. The Kier molecular flexibility index (Phi) is 9.12. The molecule has 0 aliphatic carbocycles. The zero-order valence-corrected chi connectivity index (χ0v) is 20.9. The number of carbonyl (C=O) groups excluding carboxylic acids is 1. The molecule has 11 nitrogen and oxygen atoms in total. The molecule has 1 aromatic heterocycles. The SMILES string of the molecule is CCOC(=O)OCC1OC(Oc2nn(C(C)C)c(C)c2Cc2ccc(OC)cc2F)C(O)C(O)C1O. The van der Waals surface area contributed by atoms with Crippen molar-refractivity contribution >= 4 is 6.16 Å². The topological polar surface area (TPSA) is 142 Å². The van der Waals surface area contributed by atoms with E-state index in [-0.39, 0.29) is 24.9 Å². The first kappa shape index (κ1) is 27.7. The number of aliphatic hydroxyl groups excluding tert-OH is 3. The van der Waals surface area contributed by atoms with Crippen LogP contribution in [0.3, 0.4) is 0 Å². The highest BCUT2D eigenvalue weighted by atomic mass is 19.1. The van der Waals surface area contributed by atoms with Crippen LogP contribution in [0, 0.1) is 12.7 Å². The monoisotopic (exact) mass is 512 g/mol. The van der Waals surface area contributed by atoms with E-state index in [1.165, 1.54) is 13.2 Å². The second kappa shape index (κ2) is 11.9. The molecule has 3 rings (SSSR count). The van der Waals surface area contributed by atoms with Gasteiger partial charge in [-0.05, 0) is 39.3 Å². The van der Waals surface area contributed by atoms with Gasteiger partial charge in [-0.15, -0.1) is 5.10 Å². The first-order chi connectivity index (χ1) is 17.1. The number of hydrogen-bond acceptors (Lipinski definition) is 10. The minimum atomic E-state index is -1.66. The van der Waals surface area contributed by atoms with Crippen molar-refractivity contribution in [1.29, 1.82) is 0 Å². The molecular formula is C24H33FN2O9. The first-order valence-electron chi connectivity index (χ1n) is 11.6. The fraction of sp³-hybridized carbons (Fsp3) is 0.583. The number of aliphatic hydroxyl groups is 3. The number of methoxy groups -OCH3 is 1. The molecule has 5 unspecified atom stereocenters. The highest BCUT2D eigenvalue weighted by molar-refractivity contribution is 5.59. The van der Waals surface area contributed by atoms with Gasteiger partial charge in [-0.3, -0.25) is 4.68 Å². The van der Waals surface area contributed by atoms with Gasteiger partial charge in [-0.25, -0.2) is 9.18 Å². The fourth-order valence-corrected chi connectivity index (χ4v) is 3.89. The number of carbonyl (C=O) groups is 1. The van der Waals surface area contributed by atoms with Crippen LogP contribution in [0.4, 0.5) is 9.18 Å². The van der Waals surface area contributed by atoms with Crippen LogP contribution in [-0.2, 0) is 20.6 Å². The second-order valence-electron chi connectivity index (χ2n) is 8.67. The van der Waals surface area contributed by atoms with Gasteiger partial charge in [0.2, 0.25) is 12.2 Å². The van der Waals surface area contributed by atoms with Gasteiger partial charge in [0, 0.05) is 29.8 Å². The number of halogens is 1. The Hall–Kier alpha value is -2.93. The lowest BCUT2D eigenvalue weighted by molar-refractivity contribution is -0.278. The lowest BCUT2D eigenvalue weighted by Crippen LogP contribution is -2.60. The third kappa shape index (κ3) is 6.06. The molecule has 1 aliphatic rings. The van der Waals surface area contributed by atoms with Crippen molar-refractivity contribution < 1.29 is 48.2 Å². The molecule has 3 N–H and O–H groups in total. The molecule has 36 heavy (non-hydrogen) atoms. The molecule has 200 valence electrons. The van der Waals surface area contributed by atoms with Crippen LogP contribution < -0.4 is 9.47 Å². The summed E-state index contributed by atoms with van der Waals surface area (Å²) in [5.41, 5.74) is 1.63. The summed E-state index contributed by atoms with van der Waals surface area (Å²) < 4.78 is 42.5. The Morgan fingerprint density at radius 3 is 2.53 bits per heavy atom. The fourth-order valence-electron chi connectivity index (χ4n) is 3.89. The highest BCUT2D eigenvalue weighted by Crippen LogP contribution is 2.31. The van der Waals surface area contributed by atoms with E-state index >= 15 is 0 Å². The largest absolute Gasteiger partial charge is 0.508 e. The standard InChI is InChI=1S/C24H33FN2O9/c1-6-33-24(31)34-11-18-19(28)20(29)21(30)23(35-18)36-22-16(13(4)27(26-22)12(2)3)9-14-7-8-15(32-5)10-17(14)25/h7-8,10,12,18-21,23,28-30H,6,9,11H2,1-5H3. The van der Waals surface area contributed by atoms with Gasteiger partial charge in [0.1, 0.15) is 42.6 Å². The van der Waals surface area contributed by atoms with Crippen LogP contribution in [0.2, 0.25) is 0 Å². The maximum atomic E-state index is 14.7. The summed E-state index contributed by atoms with van der Waals surface area (Å²) in [6.45, 7) is 6.88.